The first-order valence-corrected chi connectivity index (χ1v) is 5.00. The van der Waals surface area contributed by atoms with E-state index < -0.39 is 0 Å². The van der Waals surface area contributed by atoms with Gasteiger partial charge in [-0.1, -0.05) is 17.7 Å². The van der Waals surface area contributed by atoms with E-state index in [1.807, 2.05) is 0 Å². The maximum absolute atomic E-state index is 13.8. The van der Waals surface area contributed by atoms with E-state index in [0.29, 0.717) is 16.7 Å². The molecule has 2 aromatic heterocycles. The Kier molecular flexibility index (Phi) is 1.85. The van der Waals surface area contributed by atoms with E-state index in [1.54, 1.807) is 23.5 Å². The summed E-state index contributed by atoms with van der Waals surface area (Å²) in [7, 11) is 0. The monoisotopic (exact) mass is 236 g/mol. The van der Waals surface area contributed by atoms with Crippen molar-refractivity contribution in [1.29, 1.82) is 0 Å². The van der Waals surface area contributed by atoms with Crippen molar-refractivity contribution in [3.05, 3.63) is 35.0 Å². The van der Waals surface area contributed by atoms with Gasteiger partial charge < -0.3 is 0 Å². The van der Waals surface area contributed by atoms with Gasteiger partial charge in [0.15, 0.2) is 16.6 Å². The molecule has 0 amide bonds. The van der Waals surface area contributed by atoms with Crippen molar-refractivity contribution in [3.8, 4) is 0 Å². The second-order valence-corrected chi connectivity index (χ2v) is 3.85. The smallest absolute Gasteiger partial charge is 0.198 e. The molecular weight excluding hydrogens is 231 g/mol. The molecule has 16 heavy (non-hydrogen) atoms. The lowest BCUT2D eigenvalue weighted by molar-refractivity contribution is 0.627. The van der Waals surface area contributed by atoms with Gasteiger partial charge in [-0.2, -0.15) is 0 Å². The lowest BCUT2D eigenvalue weighted by Crippen LogP contribution is -1.96. The van der Waals surface area contributed by atoms with Crippen LogP contribution in [0.5, 0.6) is 0 Å². The van der Waals surface area contributed by atoms with E-state index in [4.69, 9.17) is 11.6 Å². The first kappa shape index (κ1) is 9.47. The highest BCUT2D eigenvalue weighted by molar-refractivity contribution is 6.32. The third-order valence-electron chi connectivity index (χ3n) is 2.49. The molecule has 3 aromatic rings. The maximum atomic E-state index is 13.8. The van der Waals surface area contributed by atoms with Crippen molar-refractivity contribution in [2.24, 2.45) is 0 Å². The summed E-state index contributed by atoms with van der Waals surface area (Å²) in [6.45, 7) is 1.68. The zero-order valence-electron chi connectivity index (χ0n) is 8.28. The van der Waals surface area contributed by atoms with Gasteiger partial charge in [-0.25, -0.2) is 9.37 Å². The molecule has 0 aliphatic rings. The Balaban J connectivity index is 2.63. The summed E-state index contributed by atoms with van der Waals surface area (Å²) in [6, 6.07) is 3.46. The molecule has 0 radical (unpaired) electrons. The molecule has 0 fully saturated rings. The van der Waals surface area contributed by atoms with Crippen LogP contribution in [0.15, 0.2) is 18.5 Å². The minimum atomic E-state index is -0.366. The van der Waals surface area contributed by atoms with E-state index in [1.165, 1.54) is 6.33 Å². The summed E-state index contributed by atoms with van der Waals surface area (Å²) in [6.07, 6.45) is 1.49. The average molecular weight is 237 g/mol. The maximum Gasteiger partial charge on any atom is 0.198 e. The third-order valence-corrected chi connectivity index (χ3v) is 2.74. The minimum absolute atomic E-state index is 0.148. The van der Waals surface area contributed by atoms with E-state index >= 15 is 0 Å². The number of rotatable bonds is 0. The fraction of sp³-hybridized carbons (Fsp3) is 0.100. The van der Waals surface area contributed by atoms with Crippen LogP contribution in [0.3, 0.4) is 0 Å². The second-order valence-electron chi connectivity index (χ2n) is 3.49. The van der Waals surface area contributed by atoms with Crippen LogP contribution in [-0.2, 0) is 0 Å². The van der Waals surface area contributed by atoms with Crippen molar-refractivity contribution in [1.82, 2.24) is 19.6 Å². The summed E-state index contributed by atoms with van der Waals surface area (Å²) in [4.78, 5) is 4.00. The number of hydrogen-bond donors (Lipinski definition) is 0. The molecule has 6 heteroatoms. The van der Waals surface area contributed by atoms with Crippen LogP contribution in [0.2, 0.25) is 5.15 Å². The lowest BCUT2D eigenvalue weighted by atomic mass is 10.2. The predicted octanol–water partition coefficient (Wildman–Crippen LogP) is 2.38. The number of halogens is 2. The summed E-state index contributed by atoms with van der Waals surface area (Å²) in [5.41, 5.74) is 1.80. The van der Waals surface area contributed by atoms with Gasteiger partial charge in [-0.3, -0.25) is 4.40 Å². The van der Waals surface area contributed by atoms with Crippen molar-refractivity contribution < 1.29 is 4.39 Å². The molecule has 1 aromatic carbocycles. The minimum Gasteiger partial charge on any atom is -0.277 e. The molecule has 0 saturated heterocycles. The quantitative estimate of drug-likeness (QED) is 0.602. The number of nitrogens with zero attached hydrogens (tertiary/aromatic N) is 4. The molecule has 2 heterocycles. The van der Waals surface area contributed by atoms with Gasteiger partial charge in [0.25, 0.3) is 0 Å². The van der Waals surface area contributed by atoms with Crippen LogP contribution >= 0.6 is 11.6 Å². The molecule has 0 N–H and O–H groups in total. The molecule has 0 bridgehead atoms. The lowest BCUT2D eigenvalue weighted by Gasteiger charge is -2.04. The highest BCUT2D eigenvalue weighted by Crippen LogP contribution is 2.23. The number of aryl methyl sites for hydroxylation is 1. The van der Waals surface area contributed by atoms with Crippen LogP contribution in [0.25, 0.3) is 16.7 Å². The molecule has 0 aliphatic carbocycles. The van der Waals surface area contributed by atoms with Gasteiger partial charge in [0.05, 0.1) is 5.52 Å². The Morgan fingerprint density at radius 1 is 1.38 bits per heavy atom. The number of hydrogen-bond acceptors (Lipinski definition) is 3. The normalized spacial score (nSPS) is 11.4. The molecule has 0 unspecified atom stereocenters. The Morgan fingerprint density at radius 3 is 3.00 bits per heavy atom. The molecule has 80 valence electrons. The van der Waals surface area contributed by atoms with Gasteiger partial charge in [-0.05, 0) is 18.6 Å². The zero-order chi connectivity index (χ0) is 11.3. The summed E-state index contributed by atoms with van der Waals surface area (Å²) < 4.78 is 15.5. The fourth-order valence-electron chi connectivity index (χ4n) is 1.66. The Bertz CT molecular complexity index is 707. The summed E-state index contributed by atoms with van der Waals surface area (Å²) in [5.74, 6) is -0.366. The van der Waals surface area contributed by atoms with Crippen molar-refractivity contribution in [2.45, 2.75) is 6.92 Å². The number of benzene rings is 1. The standard InChI is InChI=1S/C10H6ClFN4/c1-5-2-3-6-8(7(5)12)14-9(11)10-15-13-4-16(6)10/h2-4H,1H3. The molecule has 0 saturated carbocycles. The van der Waals surface area contributed by atoms with Crippen LogP contribution in [-0.4, -0.2) is 19.6 Å². The highest BCUT2D eigenvalue weighted by atomic mass is 35.5. The Labute approximate surface area is 94.7 Å². The Hall–Kier alpha value is -1.75. The topological polar surface area (TPSA) is 43.1 Å². The van der Waals surface area contributed by atoms with E-state index in [0.717, 1.165) is 0 Å². The van der Waals surface area contributed by atoms with Crippen LogP contribution in [0.1, 0.15) is 5.56 Å². The van der Waals surface area contributed by atoms with Crippen LogP contribution in [0, 0.1) is 12.7 Å². The second kappa shape index (κ2) is 3.12. The summed E-state index contributed by atoms with van der Waals surface area (Å²) in [5, 5.41) is 7.69. The number of aromatic nitrogens is 4. The fourth-order valence-corrected chi connectivity index (χ4v) is 1.87. The van der Waals surface area contributed by atoms with E-state index in [9.17, 15) is 4.39 Å². The molecule has 0 spiro atoms. The molecule has 0 atom stereocenters. The first-order valence-electron chi connectivity index (χ1n) is 4.62. The van der Waals surface area contributed by atoms with Crippen LogP contribution in [0.4, 0.5) is 4.39 Å². The molecule has 3 rings (SSSR count). The zero-order valence-corrected chi connectivity index (χ0v) is 9.03. The van der Waals surface area contributed by atoms with Crippen molar-refractivity contribution in [3.63, 3.8) is 0 Å². The highest BCUT2D eigenvalue weighted by Gasteiger charge is 2.12. The van der Waals surface area contributed by atoms with Gasteiger partial charge in [-0.15, -0.1) is 10.2 Å². The third kappa shape index (κ3) is 1.12. The van der Waals surface area contributed by atoms with Gasteiger partial charge in [0.1, 0.15) is 11.8 Å². The number of fused-ring (bicyclic) bond motifs is 3. The van der Waals surface area contributed by atoms with E-state index in [2.05, 4.69) is 15.2 Å². The van der Waals surface area contributed by atoms with Gasteiger partial charge in [0, 0.05) is 0 Å². The van der Waals surface area contributed by atoms with Gasteiger partial charge in [0.2, 0.25) is 0 Å². The summed E-state index contributed by atoms with van der Waals surface area (Å²) >= 11 is 5.90. The Morgan fingerprint density at radius 2 is 2.19 bits per heavy atom. The van der Waals surface area contributed by atoms with Crippen LogP contribution < -0.4 is 0 Å². The molecule has 0 aliphatic heterocycles. The molecule has 4 nitrogen and oxygen atoms in total. The SMILES string of the molecule is Cc1ccc2c(nc(Cl)c3nncn32)c1F. The molecular formula is C10H6ClFN4. The van der Waals surface area contributed by atoms with Crippen molar-refractivity contribution >= 4 is 28.3 Å². The van der Waals surface area contributed by atoms with E-state index in [-0.39, 0.29) is 16.5 Å². The van der Waals surface area contributed by atoms with Crippen molar-refractivity contribution in [2.75, 3.05) is 0 Å². The first-order chi connectivity index (χ1) is 7.68. The largest absolute Gasteiger partial charge is 0.277 e. The predicted molar refractivity (Wildman–Crippen MR) is 58.0 cm³/mol. The van der Waals surface area contributed by atoms with Gasteiger partial charge >= 0.3 is 0 Å². The average Bonchev–Trinajstić information content (AvgIpc) is 2.74.